The fourth-order valence-electron chi connectivity index (χ4n) is 6.40. The minimum Gasteiger partial charge on any atom is -0.453 e. The maximum atomic E-state index is 13.7. The maximum Gasteiger partial charge on any atom is 0.410 e. The van der Waals surface area contributed by atoms with Crippen molar-refractivity contribution in [2.45, 2.75) is 53.6 Å². The Hall–Kier alpha value is -3.40. The minimum absolute atomic E-state index is 0.00204. The number of rotatable bonds is 7. The van der Waals surface area contributed by atoms with Crippen molar-refractivity contribution in [1.82, 2.24) is 10.2 Å². The molecule has 4 N–H and O–H groups in total. The third kappa shape index (κ3) is 5.73. The van der Waals surface area contributed by atoms with Crippen molar-refractivity contribution in [2.75, 3.05) is 25.5 Å². The molecular formula is C28H29ClF3N3O8S. The summed E-state index contributed by atoms with van der Waals surface area (Å²) in [4.78, 5) is 38.3. The first-order valence-electron chi connectivity index (χ1n) is 13.7. The number of fused-ring (bicyclic) bond motifs is 2. The number of likely N-dealkylation sites (tertiary alicyclic amines) is 1. The average Bonchev–Trinajstić information content (AvgIpc) is 3.39. The molecule has 2 bridgehead atoms. The third-order valence-electron chi connectivity index (χ3n) is 8.79. The van der Waals surface area contributed by atoms with Gasteiger partial charge in [0.1, 0.15) is 6.04 Å². The molecule has 6 rings (SSSR count). The molecule has 2 aromatic carbocycles. The molecule has 4 atom stereocenters. The number of carbonyl (C=O) groups excluding carboxylic acids is 3. The van der Waals surface area contributed by atoms with Gasteiger partial charge in [0.05, 0.1) is 40.5 Å². The Morgan fingerprint density at radius 3 is 2.32 bits per heavy atom. The van der Waals surface area contributed by atoms with Gasteiger partial charge in [-0.3, -0.25) is 14.5 Å². The summed E-state index contributed by atoms with van der Waals surface area (Å²) in [5.74, 6) is -7.21. The Balaban J connectivity index is 1.26. The highest BCUT2D eigenvalue weighted by molar-refractivity contribution is 7.92. The summed E-state index contributed by atoms with van der Waals surface area (Å²) in [6.45, 7) is -0.259. The second-order valence-corrected chi connectivity index (χ2v) is 14.0. The van der Waals surface area contributed by atoms with Crippen LogP contribution in [0.15, 0.2) is 35.2 Å². The topological polar surface area (TPSA) is 162 Å². The van der Waals surface area contributed by atoms with Crippen molar-refractivity contribution in [3.63, 3.8) is 0 Å². The normalized spacial score (nSPS) is 27.8. The van der Waals surface area contributed by atoms with E-state index in [9.17, 15) is 46.2 Å². The number of nitrogens with zero attached hydrogens (tertiary/aromatic N) is 1. The summed E-state index contributed by atoms with van der Waals surface area (Å²) < 4.78 is 72.4. The van der Waals surface area contributed by atoms with Crippen molar-refractivity contribution in [1.29, 1.82) is 0 Å². The fraction of sp³-hybridized carbons (Fsp3) is 0.464. The summed E-state index contributed by atoms with van der Waals surface area (Å²) in [5.41, 5.74) is -1.96. The lowest BCUT2D eigenvalue weighted by Gasteiger charge is -2.58. The third-order valence-corrected chi connectivity index (χ3v) is 11.4. The van der Waals surface area contributed by atoms with Gasteiger partial charge < -0.3 is 25.6 Å². The summed E-state index contributed by atoms with van der Waals surface area (Å²) in [7, 11) is -2.98. The molecule has 16 heteroatoms. The molecule has 2 aromatic rings. The van der Waals surface area contributed by atoms with Crippen LogP contribution in [-0.4, -0.2) is 84.6 Å². The number of anilines is 1. The number of hydrogen-bond acceptors (Lipinski definition) is 8. The van der Waals surface area contributed by atoms with Crippen LogP contribution in [0.1, 0.15) is 36.0 Å². The number of halogens is 4. The molecule has 0 aromatic heterocycles. The van der Waals surface area contributed by atoms with E-state index >= 15 is 0 Å². The number of amides is 3. The van der Waals surface area contributed by atoms with Gasteiger partial charge in [-0.2, -0.15) is 0 Å². The number of benzene rings is 2. The first-order chi connectivity index (χ1) is 20.6. The minimum atomic E-state index is -4.13. The molecule has 2 unspecified atom stereocenters. The van der Waals surface area contributed by atoms with Gasteiger partial charge in [-0.05, 0) is 49.3 Å². The maximum absolute atomic E-state index is 13.7. The van der Waals surface area contributed by atoms with E-state index < -0.39 is 80.0 Å². The number of carbonyl (C=O) groups is 3. The second kappa shape index (κ2) is 11.8. The fourth-order valence-corrected chi connectivity index (χ4v) is 8.80. The zero-order chi connectivity index (χ0) is 32.1. The SMILES string of the molecule is COC(=O)N1C[C@H](O)C[C@H]1C(=O)NCC1(O)C2CC1CC(S(=O)(=O)c1cc(C(=O)Nc3cc(F)c(F)c(F)c3)ccc1Cl)C2. The zero-order valence-corrected chi connectivity index (χ0v) is 24.8. The quantitative estimate of drug-likeness (QED) is 0.330. The molecule has 4 aliphatic rings. The average molecular weight is 660 g/mol. The van der Waals surface area contributed by atoms with Gasteiger partial charge in [0.15, 0.2) is 27.3 Å². The van der Waals surface area contributed by atoms with Crippen LogP contribution in [0.3, 0.4) is 0 Å². The first-order valence-corrected chi connectivity index (χ1v) is 15.6. The van der Waals surface area contributed by atoms with Gasteiger partial charge in [0.25, 0.3) is 5.91 Å². The molecule has 0 spiro atoms. The summed E-state index contributed by atoms with van der Waals surface area (Å²) in [6.07, 6.45) is -1.07. The van der Waals surface area contributed by atoms with Gasteiger partial charge in [0, 0.05) is 36.3 Å². The zero-order valence-electron chi connectivity index (χ0n) is 23.2. The summed E-state index contributed by atoms with van der Waals surface area (Å²) >= 11 is 6.23. The number of hydrogen-bond donors (Lipinski definition) is 4. The molecule has 0 radical (unpaired) electrons. The Morgan fingerprint density at radius 2 is 1.70 bits per heavy atom. The van der Waals surface area contributed by atoms with E-state index in [1.54, 1.807) is 0 Å². The van der Waals surface area contributed by atoms with E-state index in [0.717, 1.165) is 18.1 Å². The molecule has 4 fully saturated rings. The van der Waals surface area contributed by atoms with Crippen LogP contribution in [0.2, 0.25) is 5.02 Å². The first kappa shape index (κ1) is 32.0. The Bertz CT molecular complexity index is 1590. The van der Waals surface area contributed by atoms with E-state index in [2.05, 4.69) is 15.4 Å². The van der Waals surface area contributed by atoms with Gasteiger partial charge in [-0.15, -0.1) is 0 Å². The number of nitrogens with one attached hydrogen (secondary N) is 2. The molecule has 1 saturated heterocycles. The van der Waals surface area contributed by atoms with Crippen molar-refractivity contribution in [3.8, 4) is 0 Å². The highest BCUT2D eigenvalue weighted by atomic mass is 35.5. The molecule has 1 aliphatic heterocycles. The van der Waals surface area contributed by atoms with Crippen LogP contribution in [0.25, 0.3) is 0 Å². The second-order valence-electron chi connectivity index (χ2n) is 11.4. The Labute approximate surface area is 255 Å². The predicted octanol–water partition coefficient (Wildman–Crippen LogP) is 2.63. The molecule has 1 heterocycles. The van der Waals surface area contributed by atoms with Gasteiger partial charge in [-0.1, -0.05) is 11.6 Å². The summed E-state index contributed by atoms with van der Waals surface area (Å²) in [5, 5.41) is 25.0. The molecule has 3 saturated carbocycles. The lowest BCUT2D eigenvalue weighted by Crippen LogP contribution is -2.66. The number of β-amino-alcohol motifs (C(OH)–C–C–N with tert-alkyl or cyclic N) is 1. The lowest BCUT2D eigenvalue weighted by atomic mass is 9.53. The lowest BCUT2D eigenvalue weighted by molar-refractivity contribution is -0.174. The molecule has 3 aliphatic carbocycles. The van der Waals surface area contributed by atoms with Crippen molar-refractivity contribution in [3.05, 3.63) is 58.4 Å². The van der Waals surface area contributed by atoms with Crippen LogP contribution in [0, 0.1) is 29.3 Å². The number of ether oxygens (including phenoxy) is 1. The van der Waals surface area contributed by atoms with E-state index in [1.807, 2.05) is 0 Å². The standard InChI is InChI=1S/C28H29ClF3N3O8S/c1-43-27(39)35-11-17(36)10-22(35)26(38)33-12-28(40)14-5-15(28)7-18(6-14)44(41,42)23-4-13(2-3-19(23)29)25(37)34-16-8-20(30)24(32)21(31)9-16/h2-4,8-9,14-15,17-18,22,36,40H,5-7,10-12H2,1H3,(H,33,38)(H,34,37)/t14?,15?,17-,18?,22+,28?/m1/s1. The van der Waals surface area contributed by atoms with Crippen LogP contribution < -0.4 is 10.6 Å². The van der Waals surface area contributed by atoms with E-state index in [4.69, 9.17) is 11.6 Å². The van der Waals surface area contributed by atoms with Gasteiger partial charge in [-0.25, -0.2) is 26.4 Å². The van der Waals surface area contributed by atoms with Crippen molar-refractivity contribution in [2.24, 2.45) is 11.8 Å². The van der Waals surface area contributed by atoms with Gasteiger partial charge in [0.2, 0.25) is 5.91 Å². The van der Waals surface area contributed by atoms with Crippen LogP contribution in [0.4, 0.5) is 23.7 Å². The number of sulfone groups is 1. The van der Waals surface area contributed by atoms with E-state index in [0.29, 0.717) is 18.6 Å². The van der Waals surface area contributed by atoms with Crippen molar-refractivity contribution >= 4 is 45.0 Å². The smallest absolute Gasteiger partial charge is 0.410 e. The Kier molecular flexibility index (Phi) is 8.61. The Morgan fingerprint density at radius 1 is 1.07 bits per heavy atom. The predicted molar refractivity (Wildman–Crippen MR) is 149 cm³/mol. The monoisotopic (exact) mass is 659 g/mol. The molecule has 11 nitrogen and oxygen atoms in total. The van der Waals surface area contributed by atoms with Gasteiger partial charge >= 0.3 is 6.09 Å². The molecular weight excluding hydrogens is 631 g/mol. The van der Waals surface area contributed by atoms with Crippen LogP contribution in [-0.2, 0) is 19.4 Å². The van der Waals surface area contributed by atoms with Crippen LogP contribution >= 0.6 is 11.6 Å². The van der Waals surface area contributed by atoms with Crippen molar-refractivity contribution < 1.29 is 50.9 Å². The molecule has 44 heavy (non-hydrogen) atoms. The van der Waals surface area contributed by atoms with Crippen LogP contribution in [0.5, 0.6) is 0 Å². The summed E-state index contributed by atoms with van der Waals surface area (Å²) in [6, 6.07) is 3.63. The largest absolute Gasteiger partial charge is 0.453 e. The highest BCUT2D eigenvalue weighted by Crippen LogP contribution is 2.55. The highest BCUT2D eigenvalue weighted by Gasteiger charge is 2.60. The number of aliphatic hydroxyl groups excluding tert-OH is 1. The molecule has 3 amide bonds. The van der Waals surface area contributed by atoms with E-state index in [1.165, 1.54) is 12.1 Å². The molecule has 238 valence electrons. The van der Waals surface area contributed by atoms with E-state index in [-0.39, 0.29) is 53.5 Å². The number of methoxy groups -OCH3 is 1. The number of aliphatic hydroxyl groups is 2.